The summed E-state index contributed by atoms with van der Waals surface area (Å²) >= 11 is 0. The molecular weight excluding hydrogens is 386 g/mol. The third-order valence-corrected chi connectivity index (χ3v) is 5.55. The molecule has 150 valence electrons. The molecule has 0 saturated carbocycles. The van der Waals surface area contributed by atoms with Crippen LogP contribution in [0.4, 0.5) is 0 Å². The van der Waals surface area contributed by atoms with E-state index >= 15 is 0 Å². The summed E-state index contributed by atoms with van der Waals surface area (Å²) in [6, 6.07) is 21.3. The number of rotatable bonds is 3. The molecule has 0 radical (unpaired) electrons. The Bertz CT molecular complexity index is 1550. The van der Waals surface area contributed by atoms with E-state index in [1.54, 1.807) is 12.1 Å². The van der Waals surface area contributed by atoms with Crippen LogP contribution < -0.4 is 5.63 Å². The first kappa shape index (κ1) is 18.8. The zero-order chi connectivity index (χ0) is 21.5. The average Bonchev–Trinajstić information content (AvgIpc) is 3.21. The molecule has 1 N–H and O–H groups in total. The number of nitrogens with one attached hydrogen (secondary N) is 1. The smallest absolute Gasteiger partial charge is 0.345 e. The van der Waals surface area contributed by atoms with Gasteiger partial charge in [-0.1, -0.05) is 50.2 Å². The highest BCUT2D eigenvalue weighted by molar-refractivity contribution is 5.96. The molecule has 5 aromatic rings. The van der Waals surface area contributed by atoms with E-state index in [2.05, 4.69) is 11.1 Å². The summed E-state index contributed by atoms with van der Waals surface area (Å²) in [6.45, 7) is 4.06. The third kappa shape index (κ3) is 3.10. The lowest BCUT2D eigenvalue weighted by molar-refractivity contribution is 0.563. The number of hydrogen-bond acceptors (Lipinski definition) is 4. The summed E-state index contributed by atoms with van der Waals surface area (Å²) in [4.78, 5) is 20.9. The Balaban J connectivity index is 1.84. The van der Waals surface area contributed by atoms with Crippen molar-refractivity contribution in [1.29, 1.82) is 5.26 Å². The summed E-state index contributed by atoms with van der Waals surface area (Å²) in [7, 11) is 0. The lowest BCUT2D eigenvalue weighted by Crippen LogP contribution is -2.07. The average molecular weight is 405 g/mol. The summed E-state index contributed by atoms with van der Waals surface area (Å²) in [5.74, 6) is 0.0767. The lowest BCUT2D eigenvalue weighted by atomic mass is 9.92. The monoisotopic (exact) mass is 405 g/mol. The van der Waals surface area contributed by atoms with Crippen molar-refractivity contribution in [3.63, 3.8) is 0 Å². The van der Waals surface area contributed by atoms with E-state index in [1.807, 2.05) is 68.6 Å². The number of H-pyrrole nitrogens is 1. The molecular formula is C26H19N3O2. The fourth-order valence-corrected chi connectivity index (χ4v) is 3.98. The number of aromatic amines is 1. The van der Waals surface area contributed by atoms with Gasteiger partial charge in [-0.2, -0.15) is 5.26 Å². The first-order valence-electron chi connectivity index (χ1n) is 10.1. The summed E-state index contributed by atoms with van der Waals surface area (Å²) in [5.41, 5.74) is 4.70. The minimum absolute atomic E-state index is 0.0767. The standard InChI is InChI=1S/C26H19N3O2/c1-15(2)18-12-23(19-11-16-7-3-6-10-24(16)31-26(19)30)29-25(20(18)13-27)21-14-28-22-9-5-4-8-17(21)22/h3-12,14-15,28H,1-2H3. The minimum atomic E-state index is -0.449. The molecule has 0 fully saturated rings. The molecule has 0 unspecified atom stereocenters. The van der Waals surface area contributed by atoms with Gasteiger partial charge in [-0.05, 0) is 35.7 Å². The number of para-hydroxylation sites is 2. The van der Waals surface area contributed by atoms with Crippen molar-refractivity contribution < 1.29 is 4.42 Å². The predicted octanol–water partition coefficient (Wildman–Crippen LogP) is 6.00. The van der Waals surface area contributed by atoms with Crippen LogP contribution in [0.15, 0.2) is 76.1 Å². The van der Waals surface area contributed by atoms with Crippen LogP contribution in [0.3, 0.4) is 0 Å². The molecule has 0 saturated heterocycles. The first-order valence-corrected chi connectivity index (χ1v) is 10.1. The molecule has 31 heavy (non-hydrogen) atoms. The van der Waals surface area contributed by atoms with Gasteiger partial charge < -0.3 is 9.40 Å². The number of pyridine rings is 1. The first-order chi connectivity index (χ1) is 15.1. The highest BCUT2D eigenvalue weighted by Gasteiger charge is 2.21. The lowest BCUT2D eigenvalue weighted by Gasteiger charge is -2.14. The van der Waals surface area contributed by atoms with Crippen LogP contribution in [0.5, 0.6) is 0 Å². The van der Waals surface area contributed by atoms with Gasteiger partial charge in [-0.25, -0.2) is 9.78 Å². The van der Waals surface area contributed by atoms with Crippen molar-refractivity contribution in [3.8, 4) is 28.6 Å². The predicted molar refractivity (Wildman–Crippen MR) is 122 cm³/mol. The minimum Gasteiger partial charge on any atom is -0.422 e. The molecule has 2 aromatic carbocycles. The van der Waals surface area contributed by atoms with Crippen molar-refractivity contribution in [2.45, 2.75) is 19.8 Å². The second-order valence-electron chi connectivity index (χ2n) is 7.82. The van der Waals surface area contributed by atoms with E-state index < -0.39 is 5.63 Å². The van der Waals surface area contributed by atoms with E-state index in [0.717, 1.165) is 27.4 Å². The van der Waals surface area contributed by atoms with E-state index in [-0.39, 0.29) is 5.92 Å². The van der Waals surface area contributed by atoms with E-state index in [0.29, 0.717) is 28.1 Å². The molecule has 0 amide bonds. The van der Waals surface area contributed by atoms with Crippen LogP contribution in [-0.4, -0.2) is 9.97 Å². The number of fused-ring (bicyclic) bond motifs is 2. The van der Waals surface area contributed by atoms with Gasteiger partial charge >= 0.3 is 5.63 Å². The van der Waals surface area contributed by atoms with E-state index in [1.165, 1.54) is 0 Å². The van der Waals surface area contributed by atoms with Gasteiger partial charge in [-0.15, -0.1) is 0 Å². The van der Waals surface area contributed by atoms with Crippen molar-refractivity contribution in [2.75, 3.05) is 0 Å². The number of benzene rings is 2. The highest BCUT2D eigenvalue weighted by atomic mass is 16.4. The van der Waals surface area contributed by atoms with Crippen molar-refractivity contribution >= 4 is 21.9 Å². The van der Waals surface area contributed by atoms with Crippen molar-refractivity contribution in [3.05, 3.63) is 88.4 Å². The molecule has 5 nitrogen and oxygen atoms in total. The van der Waals surface area contributed by atoms with E-state index in [9.17, 15) is 10.1 Å². The van der Waals surface area contributed by atoms with Crippen LogP contribution >= 0.6 is 0 Å². The van der Waals surface area contributed by atoms with Gasteiger partial charge in [0.1, 0.15) is 11.7 Å². The molecule has 0 bridgehead atoms. The van der Waals surface area contributed by atoms with Gasteiger partial charge in [0.05, 0.1) is 22.5 Å². The molecule has 0 atom stereocenters. The molecule has 3 heterocycles. The van der Waals surface area contributed by atoms with Crippen LogP contribution in [0.2, 0.25) is 0 Å². The van der Waals surface area contributed by atoms with Crippen LogP contribution in [0.1, 0.15) is 30.9 Å². The number of aromatic nitrogens is 2. The Morgan fingerprint density at radius 1 is 1.03 bits per heavy atom. The highest BCUT2D eigenvalue weighted by Crippen LogP contribution is 2.35. The topological polar surface area (TPSA) is 82.7 Å². The molecule has 3 aromatic heterocycles. The second kappa shape index (κ2) is 7.26. The molecule has 0 aliphatic heterocycles. The van der Waals surface area contributed by atoms with Gasteiger partial charge in [-0.3, -0.25) is 0 Å². The Morgan fingerprint density at radius 3 is 2.61 bits per heavy atom. The Morgan fingerprint density at radius 2 is 1.81 bits per heavy atom. The third-order valence-electron chi connectivity index (χ3n) is 5.55. The number of hydrogen-bond donors (Lipinski definition) is 1. The normalized spacial score (nSPS) is 11.3. The van der Waals surface area contributed by atoms with Crippen LogP contribution in [0, 0.1) is 11.3 Å². The maximum Gasteiger partial charge on any atom is 0.345 e. The largest absolute Gasteiger partial charge is 0.422 e. The molecule has 5 heteroatoms. The fraction of sp³-hybridized carbons (Fsp3) is 0.115. The van der Waals surface area contributed by atoms with Crippen molar-refractivity contribution in [1.82, 2.24) is 9.97 Å². The van der Waals surface area contributed by atoms with Crippen LogP contribution in [-0.2, 0) is 0 Å². The summed E-state index contributed by atoms with van der Waals surface area (Å²) in [6.07, 6.45) is 1.87. The summed E-state index contributed by atoms with van der Waals surface area (Å²) in [5, 5.41) is 11.8. The Kier molecular flexibility index (Phi) is 4.41. The second-order valence-corrected chi connectivity index (χ2v) is 7.82. The SMILES string of the molecule is CC(C)c1cc(-c2cc3ccccc3oc2=O)nc(-c2c[nH]c3ccccc23)c1C#N. The molecule has 0 aliphatic carbocycles. The van der Waals surface area contributed by atoms with Gasteiger partial charge in [0.25, 0.3) is 0 Å². The molecule has 0 aliphatic rings. The van der Waals surface area contributed by atoms with E-state index in [4.69, 9.17) is 9.40 Å². The Labute approximate surface area is 178 Å². The number of nitriles is 1. The number of nitrogens with zero attached hydrogens (tertiary/aromatic N) is 2. The Hall–Kier alpha value is -4.17. The van der Waals surface area contributed by atoms with Gasteiger partial charge in [0, 0.05) is 28.0 Å². The van der Waals surface area contributed by atoms with Gasteiger partial charge in [0.2, 0.25) is 0 Å². The van der Waals surface area contributed by atoms with Crippen LogP contribution in [0.25, 0.3) is 44.4 Å². The fourth-order valence-electron chi connectivity index (χ4n) is 3.98. The quantitative estimate of drug-likeness (QED) is 0.373. The zero-order valence-corrected chi connectivity index (χ0v) is 17.1. The van der Waals surface area contributed by atoms with Crippen molar-refractivity contribution in [2.24, 2.45) is 0 Å². The zero-order valence-electron chi connectivity index (χ0n) is 17.1. The maximum absolute atomic E-state index is 12.8. The molecule has 0 spiro atoms. The van der Waals surface area contributed by atoms with Gasteiger partial charge in [0.15, 0.2) is 0 Å². The summed E-state index contributed by atoms with van der Waals surface area (Å²) < 4.78 is 5.54. The maximum atomic E-state index is 12.8. The molecule has 5 rings (SSSR count).